The monoisotopic (exact) mass is 358 g/mol. The fourth-order valence-corrected chi connectivity index (χ4v) is 2.84. The molecule has 25 heavy (non-hydrogen) atoms. The molecule has 1 atom stereocenters. The van der Waals surface area contributed by atoms with Crippen LogP contribution in [0.2, 0.25) is 0 Å². The predicted octanol–water partition coefficient (Wildman–Crippen LogP) is 0.960. The van der Waals surface area contributed by atoms with Gasteiger partial charge >= 0.3 is 0 Å². The standard InChI is InChI=1S/C17H22F3N3O2/c1-22(11-15(25)23-8-4-2-3-5-9-23)10-14(24)21-13-7-6-12(18)16(19)17(13)20/h6-7H,2-5,8-11H2,1H3,(H,21,24)/p+1. The zero-order chi connectivity index (χ0) is 18.4. The van der Waals surface area contributed by atoms with Gasteiger partial charge in [0.05, 0.1) is 12.7 Å². The number of nitrogens with zero attached hydrogens (tertiary/aromatic N) is 1. The molecule has 1 saturated heterocycles. The highest BCUT2D eigenvalue weighted by Crippen LogP contribution is 2.19. The number of halogens is 3. The maximum Gasteiger partial charge on any atom is 0.279 e. The average Bonchev–Trinajstić information content (AvgIpc) is 2.84. The van der Waals surface area contributed by atoms with E-state index in [9.17, 15) is 22.8 Å². The Morgan fingerprint density at radius 3 is 2.32 bits per heavy atom. The first-order valence-electron chi connectivity index (χ1n) is 8.41. The zero-order valence-corrected chi connectivity index (χ0v) is 14.2. The second-order valence-electron chi connectivity index (χ2n) is 6.38. The number of nitrogens with one attached hydrogen (secondary N) is 2. The van der Waals surface area contributed by atoms with E-state index >= 15 is 0 Å². The SMILES string of the molecule is C[NH+](CC(=O)Nc1ccc(F)c(F)c1F)CC(=O)N1CCCCCC1. The largest absolute Gasteiger partial charge is 0.338 e. The van der Waals surface area contributed by atoms with Crippen LogP contribution >= 0.6 is 0 Å². The fraction of sp³-hybridized carbons (Fsp3) is 0.529. The van der Waals surface area contributed by atoms with Crippen molar-refractivity contribution in [2.45, 2.75) is 25.7 Å². The minimum absolute atomic E-state index is 0.0220. The summed E-state index contributed by atoms with van der Waals surface area (Å²) in [4.78, 5) is 26.6. The van der Waals surface area contributed by atoms with Gasteiger partial charge in [-0.2, -0.15) is 0 Å². The molecule has 1 fully saturated rings. The van der Waals surface area contributed by atoms with E-state index in [1.54, 1.807) is 7.05 Å². The fourth-order valence-electron chi connectivity index (χ4n) is 2.84. The average molecular weight is 358 g/mol. The van der Waals surface area contributed by atoms with Crippen LogP contribution in [-0.2, 0) is 9.59 Å². The molecule has 1 aromatic rings. The molecule has 2 N–H and O–H groups in total. The molecule has 1 unspecified atom stereocenters. The van der Waals surface area contributed by atoms with Crippen LogP contribution in [0, 0.1) is 17.5 Å². The molecule has 0 bridgehead atoms. The van der Waals surface area contributed by atoms with Crippen molar-refractivity contribution in [3.63, 3.8) is 0 Å². The number of hydrogen-bond acceptors (Lipinski definition) is 2. The Balaban J connectivity index is 1.85. The number of likely N-dealkylation sites (tertiary alicyclic amines) is 1. The van der Waals surface area contributed by atoms with Gasteiger partial charge in [-0.15, -0.1) is 0 Å². The van der Waals surface area contributed by atoms with Crippen LogP contribution in [0.1, 0.15) is 25.7 Å². The first-order chi connectivity index (χ1) is 11.9. The van der Waals surface area contributed by atoms with Crippen LogP contribution in [0.3, 0.4) is 0 Å². The highest BCUT2D eigenvalue weighted by atomic mass is 19.2. The second kappa shape index (κ2) is 8.84. The molecule has 0 saturated carbocycles. The number of rotatable bonds is 5. The van der Waals surface area contributed by atoms with Crippen LogP contribution < -0.4 is 10.2 Å². The van der Waals surface area contributed by atoms with Gasteiger partial charge in [0.15, 0.2) is 30.5 Å². The number of benzene rings is 1. The van der Waals surface area contributed by atoms with E-state index < -0.39 is 29.0 Å². The molecule has 1 aromatic carbocycles. The van der Waals surface area contributed by atoms with Gasteiger partial charge in [-0.05, 0) is 25.0 Å². The first-order valence-corrected chi connectivity index (χ1v) is 8.41. The van der Waals surface area contributed by atoms with Crippen molar-refractivity contribution in [2.24, 2.45) is 0 Å². The van der Waals surface area contributed by atoms with Gasteiger partial charge in [0, 0.05) is 13.1 Å². The number of anilines is 1. The van der Waals surface area contributed by atoms with Crippen molar-refractivity contribution in [1.29, 1.82) is 0 Å². The number of carbonyl (C=O) groups excluding carboxylic acids is 2. The molecule has 1 aliphatic rings. The lowest BCUT2D eigenvalue weighted by Crippen LogP contribution is -3.11. The van der Waals surface area contributed by atoms with E-state index in [0.29, 0.717) is 4.90 Å². The molecular weight excluding hydrogens is 335 g/mol. The van der Waals surface area contributed by atoms with Gasteiger partial charge in [0.25, 0.3) is 11.8 Å². The Hall–Kier alpha value is -2.09. The van der Waals surface area contributed by atoms with E-state index in [-0.39, 0.29) is 19.0 Å². The maximum absolute atomic E-state index is 13.6. The Morgan fingerprint density at radius 2 is 1.68 bits per heavy atom. The van der Waals surface area contributed by atoms with Crippen LogP contribution in [0.4, 0.5) is 18.9 Å². The Kier molecular flexibility index (Phi) is 6.81. The molecule has 2 amide bonds. The number of quaternary nitrogens is 1. The van der Waals surface area contributed by atoms with E-state index in [0.717, 1.165) is 50.9 Å². The van der Waals surface area contributed by atoms with Gasteiger partial charge in [0.2, 0.25) is 0 Å². The second-order valence-corrected chi connectivity index (χ2v) is 6.38. The molecule has 0 aliphatic carbocycles. The zero-order valence-electron chi connectivity index (χ0n) is 14.2. The minimum atomic E-state index is -1.63. The van der Waals surface area contributed by atoms with Crippen molar-refractivity contribution >= 4 is 17.5 Å². The molecule has 1 heterocycles. The number of hydrogen-bond donors (Lipinski definition) is 2. The summed E-state index contributed by atoms with van der Waals surface area (Å²) in [5.74, 6) is -4.99. The Morgan fingerprint density at radius 1 is 1.04 bits per heavy atom. The highest BCUT2D eigenvalue weighted by Gasteiger charge is 2.21. The number of amides is 2. The lowest BCUT2D eigenvalue weighted by atomic mass is 10.2. The maximum atomic E-state index is 13.6. The first kappa shape index (κ1) is 19.2. The third-order valence-corrected chi connectivity index (χ3v) is 4.18. The molecule has 2 rings (SSSR count). The van der Waals surface area contributed by atoms with Crippen molar-refractivity contribution in [3.05, 3.63) is 29.6 Å². The summed E-state index contributed by atoms with van der Waals surface area (Å²) >= 11 is 0. The van der Waals surface area contributed by atoms with Gasteiger partial charge in [-0.25, -0.2) is 13.2 Å². The van der Waals surface area contributed by atoms with Gasteiger partial charge in [-0.3, -0.25) is 9.59 Å². The highest BCUT2D eigenvalue weighted by molar-refractivity contribution is 5.91. The lowest BCUT2D eigenvalue weighted by Gasteiger charge is -2.22. The molecule has 0 radical (unpaired) electrons. The summed E-state index contributed by atoms with van der Waals surface area (Å²) in [5, 5.41) is 2.21. The molecule has 138 valence electrons. The lowest BCUT2D eigenvalue weighted by molar-refractivity contribution is -0.862. The van der Waals surface area contributed by atoms with E-state index in [1.807, 2.05) is 4.90 Å². The smallest absolute Gasteiger partial charge is 0.279 e. The molecular formula is C17H23F3N3O2+. The summed E-state index contributed by atoms with van der Waals surface area (Å²) in [5.41, 5.74) is -0.421. The van der Waals surface area contributed by atoms with Gasteiger partial charge in [0.1, 0.15) is 0 Å². The predicted molar refractivity (Wildman–Crippen MR) is 86.6 cm³/mol. The van der Waals surface area contributed by atoms with Crippen LogP contribution in [0.25, 0.3) is 0 Å². The summed E-state index contributed by atoms with van der Waals surface area (Å²) < 4.78 is 39.6. The van der Waals surface area contributed by atoms with Gasteiger partial charge < -0.3 is 15.1 Å². The quantitative estimate of drug-likeness (QED) is 0.771. The summed E-state index contributed by atoms with van der Waals surface area (Å²) in [7, 11) is 1.68. The van der Waals surface area contributed by atoms with Crippen molar-refractivity contribution < 1.29 is 27.7 Å². The third kappa shape index (κ3) is 5.45. The number of carbonyl (C=O) groups is 2. The van der Waals surface area contributed by atoms with Crippen LogP contribution in [0.15, 0.2) is 12.1 Å². The van der Waals surface area contributed by atoms with Crippen molar-refractivity contribution in [1.82, 2.24) is 4.90 Å². The molecule has 5 nitrogen and oxygen atoms in total. The molecule has 1 aliphatic heterocycles. The summed E-state index contributed by atoms with van der Waals surface area (Å²) in [6, 6.07) is 1.71. The van der Waals surface area contributed by atoms with Crippen molar-refractivity contribution in [2.75, 3.05) is 38.5 Å². The minimum Gasteiger partial charge on any atom is -0.338 e. The number of likely N-dealkylation sites (N-methyl/N-ethyl adjacent to an activating group) is 1. The topological polar surface area (TPSA) is 53.9 Å². The molecule has 8 heteroatoms. The van der Waals surface area contributed by atoms with Crippen molar-refractivity contribution in [3.8, 4) is 0 Å². The normalized spacial score (nSPS) is 16.2. The Bertz CT molecular complexity index is 632. The Labute approximate surface area is 144 Å². The van der Waals surface area contributed by atoms with E-state index in [4.69, 9.17) is 0 Å². The molecule has 0 spiro atoms. The van der Waals surface area contributed by atoms with Crippen LogP contribution in [0.5, 0.6) is 0 Å². The van der Waals surface area contributed by atoms with E-state index in [2.05, 4.69) is 5.32 Å². The summed E-state index contributed by atoms with van der Waals surface area (Å²) in [6.07, 6.45) is 4.21. The summed E-state index contributed by atoms with van der Waals surface area (Å²) in [6.45, 7) is 1.53. The van der Waals surface area contributed by atoms with E-state index in [1.165, 1.54) is 0 Å². The third-order valence-electron chi connectivity index (χ3n) is 4.18. The van der Waals surface area contributed by atoms with Crippen LogP contribution in [-0.4, -0.2) is 49.9 Å². The van der Waals surface area contributed by atoms with Gasteiger partial charge in [-0.1, -0.05) is 12.8 Å². The molecule has 0 aromatic heterocycles.